The number of halogens is 3. The first-order chi connectivity index (χ1) is 19.4. The third-order valence-corrected chi connectivity index (χ3v) is 7.58. The van der Waals surface area contributed by atoms with Crippen LogP contribution in [-0.4, -0.2) is 31.0 Å². The van der Waals surface area contributed by atoms with Crippen molar-refractivity contribution in [2.24, 2.45) is 0 Å². The molecule has 0 amide bonds. The zero-order valence-corrected chi connectivity index (χ0v) is 23.3. The first-order valence-corrected chi connectivity index (χ1v) is 13.9. The molecule has 0 radical (unpaired) electrons. The minimum Gasteiger partial charge on any atom is -0.491 e. The standard InChI is InChI=1S/C29H20Cl2FN5O2S/c1-2-12-39-24-11-8-17(13-23(24)32)26-18(16-36(34-26)20-6-4-3-5-7-20)14-25-28(38)37-29(40-25)33-27(35-37)21-10-9-19(30)15-22(21)31/h3-11,13-16H,2,12H2,1H3/b25-14-. The van der Waals surface area contributed by atoms with Crippen LogP contribution in [-0.2, 0) is 0 Å². The molecule has 3 heterocycles. The highest BCUT2D eigenvalue weighted by Gasteiger charge is 2.17. The molecule has 0 saturated heterocycles. The highest BCUT2D eigenvalue weighted by Crippen LogP contribution is 2.30. The van der Waals surface area contributed by atoms with Crippen LogP contribution in [0.5, 0.6) is 5.75 Å². The van der Waals surface area contributed by atoms with Gasteiger partial charge in [-0.15, -0.1) is 5.10 Å². The molecular formula is C29H20Cl2FN5O2S. The van der Waals surface area contributed by atoms with Crippen molar-refractivity contribution in [2.45, 2.75) is 13.3 Å². The fourth-order valence-electron chi connectivity index (χ4n) is 4.17. The van der Waals surface area contributed by atoms with E-state index in [4.69, 9.17) is 33.0 Å². The van der Waals surface area contributed by atoms with Crippen molar-refractivity contribution in [3.05, 3.63) is 109 Å². The van der Waals surface area contributed by atoms with E-state index in [2.05, 4.69) is 10.1 Å². The van der Waals surface area contributed by atoms with Gasteiger partial charge in [-0.2, -0.15) is 14.6 Å². The molecule has 3 aromatic carbocycles. The average Bonchev–Trinajstić information content (AvgIpc) is 3.63. The Morgan fingerprint density at radius 3 is 2.60 bits per heavy atom. The van der Waals surface area contributed by atoms with E-state index in [0.717, 1.165) is 12.1 Å². The van der Waals surface area contributed by atoms with E-state index in [9.17, 15) is 9.18 Å². The summed E-state index contributed by atoms with van der Waals surface area (Å²) in [6, 6.07) is 19.3. The van der Waals surface area contributed by atoms with E-state index in [0.29, 0.717) is 54.4 Å². The van der Waals surface area contributed by atoms with Gasteiger partial charge in [-0.25, -0.2) is 9.07 Å². The Hall–Kier alpha value is -4.05. The molecule has 7 nitrogen and oxygen atoms in total. The van der Waals surface area contributed by atoms with Crippen molar-refractivity contribution >= 4 is 45.6 Å². The average molecular weight is 592 g/mol. The Morgan fingerprint density at radius 1 is 1.05 bits per heavy atom. The molecule has 200 valence electrons. The molecule has 0 N–H and O–H groups in total. The molecule has 0 atom stereocenters. The van der Waals surface area contributed by atoms with Gasteiger partial charge in [0.05, 0.1) is 21.8 Å². The Balaban J connectivity index is 1.46. The lowest BCUT2D eigenvalue weighted by Crippen LogP contribution is -2.23. The molecule has 40 heavy (non-hydrogen) atoms. The molecule has 6 rings (SSSR count). The fourth-order valence-corrected chi connectivity index (χ4v) is 5.56. The second kappa shape index (κ2) is 10.8. The van der Waals surface area contributed by atoms with Gasteiger partial charge in [0.1, 0.15) is 5.69 Å². The molecule has 0 fully saturated rings. The van der Waals surface area contributed by atoms with Crippen molar-refractivity contribution in [2.75, 3.05) is 6.61 Å². The van der Waals surface area contributed by atoms with E-state index in [1.54, 1.807) is 47.3 Å². The van der Waals surface area contributed by atoms with E-state index >= 15 is 0 Å². The highest BCUT2D eigenvalue weighted by atomic mass is 35.5. The highest BCUT2D eigenvalue weighted by molar-refractivity contribution is 7.15. The summed E-state index contributed by atoms with van der Waals surface area (Å²) < 4.78 is 23.7. The number of nitrogens with zero attached hydrogens (tertiary/aromatic N) is 5. The number of rotatable bonds is 7. The number of aromatic nitrogens is 5. The molecule has 6 aromatic rings. The van der Waals surface area contributed by atoms with Crippen LogP contribution in [0.15, 0.2) is 77.7 Å². The SMILES string of the molecule is CCCOc1ccc(-c2nn(-c3ccccc3)cc2/C=c2\sc3nc(-c4ccc(Cl)cc4Cl)nn3c2=O)cc1F. The third kappa shape index (κ3) is 4.99. The van der Waals surface area contributed by atoms with Crippen LogP contribution in [0.2, 0.25) is 10.0 Å². The minimum atomic E-state index is -0.483. The van der Waals surface area contributed by atoms with E-state index in [-0.39, 0.29) is 11.3 Å². The number of para-hydroxylation sites is 1. The van der Waals surface area contributed by atoms with Crippen molar-refractivity contribution in [1.29, 1.82) is 0 Å². The van der Waals surface area contributed by atoms with Crippen molar-refractivity contribution < 1.29 is 9.13 Å². The topological polar surface area (TPSA) is 74.3 Å². The van der Waals surface area contributed by atoms with Gasteiger partial charge in [-0.3, -0.25) is 4.79 Å². The third-order valence-electron chi connectivity index (χ3n) is 6.07. The summed E-state index contributed by atoms with van der Waals surface area (Å²) >= 11 is 13.5. The lowest BCUT2D eigenvalue weighted by Gasteiger charge is -2.07. The van der Waals surface area contributed by atoms with E-state index < -0.39 is 5.82 Å². The van der Waals surface area contributed by atoms with Gasteiger partial charge < -0.3 is 4.74 Å². The maximum Gasteiger partial charge on any atom is 0.291 e. The molecule has 0 spiro atoms. The smallest absolute Gasteiger partial charge is 0.291 e. The fraction of sp³-hybridized carbons (Fsp3) is 0.103. The summed E-state index contributed by atoms with van der Waals surface area (Å²) in [5.41, 5.74) is 2.75. The molecule has 3 aromatic heterocycles. The largest absolute Gasteiger partial charge is 0.491 e. The number of benzene rings is 3. The second-order valence-electron chi connectivity index (χ2n) is 8.88. The quantitative estimate of drug-likeness (QED) is 0.213. The van der Waals surface area contributed by atoms with Gasteiger partial charge in [0, 0.05) is 27.9 Å². The molecule has 11 heteroatoms. The number of ether oxygens (including phenoxy) is 1. The number of thiazole rings is 1. The zero-order chi connectivity index (χ0) is 27.8. The summed E-state index contributed by atoms with van der Waals surface area (Å²) in [6.07, 6.45) is 4.30. The molecular weight excluding hydrogens is 572 g/mol. The van der Waals surface area contributed by atoms with Crippen LogP contribution in [0.3, 0.4) is 0 Å². The number of hydrogen-bond acceptors (Lipinski definition) is 6. The molecule has 0 aliphatic heterocycles. The molecule has 0 unspecified atom stereocenters. The maximum absolute atomic E-state index is 14.9. The van der Waals surface area contributed by atoms with Crippen LogP contribution >= 0.6 is 34.5 Å². The van der Waals surface area contributed by atoms with Crippen LogP contribution in [0, 0.1) is 5.82 Å². The normalized spacial score (nSPS) is 11.9. The van der Waals surface area contributed by atoms with Gasteiger partial charge in [0.2, 0.25) is 4.96 Å². The van der Waals surface area contributed by atoms with Gasteiger partial charge >= 0.3 is 0 Å². The Kier molecular flexibility index (Phi) is 7.10. The zero-order valence-electron chi connectivity index (χ0n) is 21.0. The summed E-state index contributed by atoms with van der Waals surface area (Å²) in [5, 5.41) is 10.0. The Bertz CT molecular complexity index is 1970. The first-order valence-electron chi connectivity index (χ1n) is 12.4. The lowest BCUT2D eigenvalue weighted by molar-refractivity contribution is 0.301. The Morgan fingerprint density at radius 2 is 1.88 bits per heavy atom. The summed E-state index contributed by atoms with van der Waals surface area (Å²) in [7, 11) is 0. The summed E-state index contributed by atoms with van der Waals surface area (Å²) in [5.74, 6) is 0.0282. The molecule has 0 aliphatic carbocycles. The molecule has 0 aliphatic rings. The van der Waals surface area contributed by atoms with Gasteiger partial charge in [-0.1, -0.05) is 59.7 Å². The van der Waals surface area contributed by atoms with Crippen LogP contribution in [0.25, 0.3) is 39.4 Å². The van der Waals surface area contributed by atoms with E-state index in [1.807, 2.05) is 37.3 Å². The second-order valence-corrected chi connectivity index (χ2v) is 10.7. The Labute approximate surface area is 241 Å². The monoisotopic (exact) mass is 591 g/mol. The summed E-state index contributed by atoms with van der Waals surface area (Å²) in [4.78, 5) is 18.3. The molecule has 0 bridgehead atoms. The van der Waals surface area contributed by atoms with E-state index in [1.165, 1.54) is 21.9 Å². The first kappa shape index (κ1) is 26.2. The lowest BCUT2D eigenvalue weighted by atomic mass is 10.1. The number of hydrogen-bond donors (Lipinski definition) is 0. The van der Waals surface area contributed by atoms with Gasteiger partial charge in [0.25, 0.3) is 5.56 Å². The van der Waals surface area contributed by atoms with Crippen LogP contribution in [0.4, 0.5) is 4.39 Å². The van der Waals surface area contributed by atoms with Crippen molar-refractivity contribution in [3.63, 3.8) is 0 Å². The number of fused-ring (bicyclic) bond motifs is 1. The predicted molar refractivity (Wildman–Crippen MR) is 156 cm³/mol. The minimum absolute atomic E-state index is 0.183. The van der Waals surface area contributed by atoms with Crippen LogP contribution < -0.4 is 14.8 Å². The van der Waals surface area contributed by atoms with Crippen molar-refractivity contribution in [3.8, 4) is 34.1 Å². The van der Waals surface area contributed by atoms with Gasteiger partial charge in [0.15, 0.2) is 17.4 Å². The van der Waals surface area contributed by atoms with Gasteiger partial charge in [-0.05, 0) is 61.0 Å². The maximum atomic E-state index is 14.9. The van der Waals surface area contributed by atoms with Crippen molar-refractivity contribution in [1.82, 2.24) is 24.4 Å². The summed E-state index contributed by atoms with van der Waals surface area (Å²) in [6.45, 7) is 2.38. The predicted octanol–water partition coefficient (Wildman–Crippen LogP) is 6.45. The van der Waals surface area contributed by atoms with Crippen LogP contribution in [0.1, 0.15) is 18.9 Å². The molecule has 0 saturated carbocycles.